The predicted octanol–water partition coefficient (Wildman–Crippen LogP) is 3.12. The highest BCUT2D eigenvalue weighted by Gasteiger charge is 2.24. The zero-order valence-electron chi connectivity index (χ0n) is 16.8. The molecule has 0 N–H and O–H groups in total. The molecule has 28 heavy (non-hydrogen) atoms. The predicted molar refractivity (Wildman–Crippen MR) is 110 cm³/mol. The second-order valence-corrected chi connectivity index (χ2v) is 7.37. The van der Waals surface area contributed by atoms with Crippen molar-refractivity contribution < 1.29 is 14.3 Å². The van der Waals surface area contributed by atoms with Crippen LogP contribution in [0.15, 0.2) is 54.6 Å². The van der Waals surface area contributed by atoms with Crippen LogP contribution in [0.2, 0.25) is 0 Å². The van der Waals surface area contributed by atoms with E-state index in [1.54, 1.807) is 0 Å². The lowest BCUT2D eigenvalue weighted by Gasteiger charge is -2.35. The fourth-order valence-corrected chi connectivity index (χ4v) is 3.46. The molecule has 2 aromatic carbocycles. The number of carbonyl (C=O) groups excluding carboxylic acids is 1. The quantitative estimate of drug-likeness (QED) is 0.704. The summed E-state index contributed by atoms with van der Waals surface area (Å²) in [7, 11) is 0. The molecule has 1 heterocycles. The zero-order chi connectivity index (χ0) is 19.8. The van der Waals surface area contributed by atoms with Crippen molar-refractivity contribution in [3.63, 3.8) is 0 Å². The van der Waals surface area contributed by atoms with E-state index in [4.69, 9.17) is 9.47 Å². The van der Waals surface area contributed by atoms with Gasteiger partial charge in [-0.2, -0.15) is 0 Å². The van der Waals surface area contributed by atoms with E-state index in [2.05, 4.69) is 24.0 Å². The fourth-order valence-electron chi connectivity index (χ4n) is 3.46. The van der Waals surface area contributed by atoms with Gasteiger partial charge in [0.15, 0.2) is 6.61 Å². The molecule has 0 saturated carbocycles. The Balaban J connectivity index is 1.65. The van der Waals surface area contributed by atoms with Gasteiger partial charge in [0.1, 0.15) is 5.75 Å². The molecule has 1 unspecified atom stereocenters. The lowest BCUT2D eigenvalue weighted by atomic mass is 10.1. The summed E-state index contributed by atoms with van der Waals surface area (Å²) in [4.78, 5) is 17.3. The lowest BCUT2D eigenvalue weighted by molar-refractivity contribution is -0.136. The van der Waals surface area contributed by atoms with E-state index in [-0.39, 0.29) is 18.6 Å². The minimum absolute atomic E-state index is 0.00567. The van der Waals surface area contributed by atoms with Gasteiger partial charge < -0.3 is 14.4 Å². The van der Waals surface area contributed by atoms with Crippen molar-refractivity contribution in [2.45, 2.75) is 26.4 Å². The number of amides is 1. The number of hydrogen-bond acceptors (Lipinski definition) is 4. The van der Waals surface area contributed by atoms with Crippen molar-refractivity contribution in [3.8, 4) is 5.75 Å². The highest BCUT2D eigenvalue weighted by atomic mass is 16.5. The topological polar surface area (TPSA) is 42.0 Å². The highest BCUT2D eigenvalue weighted by molar-refractivity contribution is 5.78. The van der Waals surface area contributed by atoms with Gasteiger partial charge in [0.05, 0.1) is 13.2 Å². The molecule has 0 aromatic heterocycles. The van der Waals surface area contributed by atoms with Gasteiger partial charge in [-0.1, -0.05) is 42.5 Å². The van der Waals surface area contributed by atoms with Gasteiger partial charge in [-0.3, -0.25) is 9.69 Å². The van der Waals surface area contributed by atoms with Crippen molar-refractivity contribution in [2.75, 3.05) is 39.5 Å². The van der Waals surface area contributed by atoms with Crippen LogP contribution in [0.25, 0.3) is 0 Å². The molecule has 1 aliphatic rings. The van der Waals surface area contributed by atoms with Crippen molar-refractivity contribution in [2.24, 2.45) is 0 Å². The summed E-state index contributed by atoms with van der Waals surface area (Å²) in [5, 5.41) is 0. The molecule has 1 saturated heterocycles. The molecule has 3 rings (SSSR count). The first kappa shape index (κ1) is 20.4. The Morgan fingerprint density at radius 1 is 1.14 bits per heavy atom. The van der Waals surface area contributed by atoms with Crippen LogP contribution in [0, 0.1) is 6.92 Å². The van der Waals surface area contributed by atoms with Crippen molar-refractivity contribution in [3.05, 3.63) is 65.7 Å². The summed E-state index contributed by atoms with van der Waals surface area (Å²) in [6.07, 6.45) is 0. The molecule has 0 aliphatic carbocycles. The second-order valence-electron chi connectivity index (χ2n) is 7.37. The largest absolute Gasteiger partial charge is 0.484 e. The van der Waals surface area contributed by atoms with Crippen LogP contribution in [0.5, 0.6) is 5.75 Å². The first-order valence-electron chi connectivity index (χ1n) is 9.95. The van der Waals surface area contributed by atoms with E-state index in [9.17, 15) is 4.79 Å². The summed E-state index contributed by atoms with van der Waals surface area (Å²) >= 11 is 0. The van der Waals surface area contributed by atoms with E-state index in [0.717, 1.165) is 49.7 Å². The highest BCUT2D eigenvalue weighted by Crippen LogP contribution is 2.15. The zero-order valence-corrected chi connectivity index (χ0v) is 16.8. The maximum Gasteiger partial charge on any atom is 0.261 e. The van der Waals surface area contributed by atoms with Crippen LogP contribution < -0.4 is 4.74 Å². The monoisotopic (exact) mass is 382 g/mol. The lowest BCUT2D eigenvalue weighted by Crippen LogP contribution is -2.49. The van der Waals surface area contributed by atoms with Gasteiger partial charge in [-0.25, -0.2) is 0 Å². The maximum absolute atomic E-state index is 13.0. The summed E-state index contributed by atoms with van der Waals surface area (Å²) in [5.74, 6) is 0.736. The van der Waals surface area contributed by atoms with E-state index in [0.29, 0.717) is 6.54 Å². The number of rotatable bonds is 8. The Morgan fingerprint density at radius 2 is 1.89 bits per heavy atom. The van der Waals surface area contributed by atoms with E-state index >= 15 is 0 Å². The van der Waals surface area contributed by atoms with Crippen LogP contribution in [-0.4, -0.2) is 61.2 Å². The molecule has 1 atom stereocenters. The van der Waals surface area contributed by atoms with Gasteiger partial charge in [-0.15, -0.1) is 0 Å². The Labute approximate surface area is 167 Å². The summed E-state index contributed by atoms with van der Waals surface area (Å²) in [6.45, 7) is 8.95. The molecular weight excluding hydrogens is 352 g/mol. The fraction of sp³-hybridized carbons (Fsp3) is 0.435. The number of nitrogens with zero attached hydrogens (tertiary/aromatic N) is 2. The first-order chi connectivity index (χ1) is 13.6. The van der Waals surface area contributed by atoms with Crippen LogP contribution in [0.1, 0.15) is 18.1 Å². The number of carbonyl (C=O) groups is 1. The van der Waals surface area contributed by atoms with Crippen LogP contribution in [0.4, 0.5) is 0 Å². The molecule has 5 heteroatoms. The van der Waals surface area contributed by atoms with Crippen molar-refractivity contribution in [1.29, 1.82) is 0 Å². The van der Waals surface area contributed by atoms with Gasteiger partial charge in [0, 0.05) is 32.2 Å². The Hall–Kier alpha value is -2.37. The number of benzene rings is 2. The number of ether oxygens (including phenoxy) is 2. The molecule has 0 spiro atoms. The summed E-state index contributed by atoms with van der Waals surface area (Å²) in [6, 6.07) is 18.0. The van der Waals surface area contributed by atoms with Crippen LogP contribution >= 0.6 is 0 Å². The Bertz CT molecular complexity index is 745. The molecule has 0 bridgehead atoms. The van der Waals surface area contributed by atoms with Crippen LogP contribution in [0.3, 0.4) is 0 Å². The third kappa shape index (κ3) is 6.08. The SMILES string of the molecule is Cc1cccc(OCC(=O)N(Cc2ccccc2)C(C)CN2CCOCC2)c1. The maximum atomic E-state index is 13.0. The van der Waals surface area contributed by atoms with E-state index in [1.807, 2.05) is 54.3 Å². The Kier molecular flexibility index (Phi) is 7.46. The summed E-state index contributed by atoms with van der Waals surface area (Å²) < 4.78 is 11.2. The third-order valence-electron chi connectivity index (χ3n) is 5.03. The standard InChI is InChI=1S/C23H30N2O3/c1-19-7-6-10-22(15-19)28-18-23(26)25(17-21-8-4-3-5-9-21)20(2)16-24-11-13-27-14-12-24/h3-10,15,20H,11-14,16-18H2,1-2H3. The summed E-state index contributed by atoms with van der Waals surface area (Å²) in [5.41, 5.74) is 2.24. The average Bonchev–Trinajstić information content (AvgIpc) is 2.72. The molecule has 0 radical (unpaired) electrons. The van der Waals surface area contributed by atoms with E-state index in [1.165, 1.54) is 0 Å². The molecule has 5 nitrogen and oxygen atoms in total. The molecule has 1 aliphatic heterocycles. The van der Waals surface area contributed by atoms with Crippen molar-refractivity contribution in [1.82, 2.24) is 9.80 Å². The smallest absolute Gasteiger partial charge is 0.261 e. The Morgan fingerprint density at radius 3 is 2.61 bits per heavy atom. The first-order valence-corrected chi connectivity index (χ1v) is 9.95. The van der Waals surface area contributed by atoms with E-state index < -0.39 is 0 Å². The minimum Gasteiger partial charge on any atom is -0.484 e. The third-order valence-corrected chi connectivity index (χ3v) is 5.03. The van der Waals surface area contributed by atoms with Gasteiger partial charge in [-0.05, 0) is 37.1 Å². The average molecular weight is 383 g/mol. The van der Waals surface area contributed by atoms with Gasteiger partial charge in [0.2, 0.25) is 0 Å². The number of hydrogen-bond donors (Lipinski definition) is 0. The number of morpholine rings is 1. The normalized spacial score (nSPS) is 15.8. The van der Waals surface area contributed by atoms with Gasteiger partial charge in [0.25, 0.3) is 5.91 Å². The molecule has 1 fully saturated rings. The molecular formula is C23H30N2O3. The molecule has 1 amide bonds. The number of aryl methyl sites for hydroxylation is 1. The van der Waals surface area contributed by atoms with Crippen molar-refractivity contribution >= 4 is 5.91 Å². The van der Waals surface area contributed by atoms with Gasteiger partial charge >= 0.3 is 0 Å². The minimum atomic E-state index is 0.00567. The molecule has 150 valence electrons. The molecule has 2 aromatic rings. The van der Waals surface area contributed by atoms with Crippen LogP contribution in [-0.2, 0) is 16.1 Å². The second kappa shape index (κ2) is 10.2.